The number of aryl methyl sites for hydroxylation is 1. The van der Waals surface area contributed by atoms with Crippen LogP contribution in [0.1, 0.15) is 19.2 Å². The fraction of sp³-hybridized carbons (Fsp3) is 0.250. The molecule has 0 atom stereocenters. The molecule has 0 saturated heterocycles. The number of anilines is 1. The predicted octanol–water partition coefficient (Wildman–Crippen LogP) is 4.45. The average Bonchev–Trinajstić information content (AvgIpc) is 3.21. The molecule has 1 amide bonds. The molecule has 2 aromatic heterocycles. The summed E-state index contributed by atoms with van der Waals surface area (Å²) in [5.74, 6) is -1.39. The number of halogens is 3. The molecule has 0 unspecified atom stereocenters. The van der Waals surface area contributed by atoms with Gasteiger partial charge in [0.05, 0.1) is 22.1 Å². The van der Waals surface area contributed by atoms with Gasteiger partial charge in [-0.05, 0) is 30.7 Å². The van der Waals surface area contributed by atoms with E-state index in [0.717, 1.165) is 16.5 Å². The van der Waals surface area contributed by atoms with E-state index in [2.05, 4.69) is 15.3 Å². The van der Waals surface area contributed by atoms with Gasteiger partial charge in [0.15, 0.2) is 0 Å². The lowest BCUT2D eigenvalue weighted by Crippen LogP contribution is -2.24. The number of benzene rings is 2. The topological polar surface area (TPSA) is 64.7 Å². The number of para-hydroxylation sites is 4. The van der Waals surface area contributed by atoms with Crippen molar-refractivity contribution < 1.29 is 18.0 Å². The van der Waals surface area contributed by atoms with Crippen LogP contribution in [0.5, 0.6) is 0 Å². The maximum atomic E-state index is 13.4. The molecule has 0 fully saturated rings. The molecule has 0 bridgehead atoms. The molecule has 0 aliphatic heterocycles. The fourth-order valence-corrected chi connectivity index (χ4v) is 3.38. The molecule has 0 saturated carbocycles. The highest BCUT2D eigenvalue weighted by molar-refractivity contribution is 5.92. The quantitative estimate of drug-likeness (QED) is 0.537. The first-order valence-electron chi connectivity index (χ1n) is 9.16. The van der Waals surface area contributed by atoms with Crippen LogP contribution >= 0.6 is 0 Å². The van der Waals surface area contributed by atoms with E-state index in [4.69, 9.17) is 0 Å². The van der Waals surface area contributed by atoms with E-state index in [-0.39, 0.29) is 11.0 Å². The van der Waals surface area contributed by atoms with Crippen molar-refractivity contribution in [2.75, 3.05) is 5.32 Å². The first-order valence-corrected chi connectivity index (χ1v) is 9.16. The number of carbonyl (C=O) groups excluding carboxylic acids is 1. The van der Waals surface area contributed by atoms with Gasteiger partial charge in [-0.15, -0.1) is 0 Å². The van der Waals surface area contributed by atoms with Crippen molar-refractivity contribution >= 4 is 33.9 Å². The predicted molar refractivity (Wildman–Crippen MR) is 103 cm³/mol. The highest BCUT2D eigenvalue weighted by Crippen LogP contribution is 2.31. The first kappa shape index (κ1) is 19.0. The summed E-state index contributed by atoms with van der Waals surface area (Å²) in [4.78, 5) is 20.7. The minimum absolute atomic E-state index is 0.186. The molecule has 0 aliphatic carbocycles. The summed E-state index contributed by atoms with van der Waals surface area (Å²) < 4.78 is 43.0. The molecule has 1 N–H and O–H groups in total. The number of fused-ring (bicyclic) bond motifs is 2. The molecule has 0 radical (unpaired) electrons. The van der Waals surface area contributed by atoms with Crippen molar-refractivity contribution in [3.8, 4) is 0 Å². The number of hydrogen-bond acceptors (Lipinski definition) is 3. The molecule has 29 heavy (non-hydrogen) atoms. The smallest absolute Gasteiger partial charge is 0.311 e. The van der Waals surface area contributed by atoms with Crippen LogP contribution in [-0.4, -0.2) is 25.0 Å². The van der Waals surface area contributed by atoms with Crippen LogP contribution in [0.25, 0.3) is 22.1 Å². The molecule has 0 spiro atoms. The van der Waals surface area contributed by atoms with Crippen LogP contribution in [0.3, 0.4) is 0 Å². The number of hydrogen-bond donors (Lipinski definition) is 1. The minimum Gasteiger partial charge on any atom is -0.311 e. The second kappa shape index (κ2) is 7.23. The van der Waals surface area contributed by atoms with Gasteiger partial charge >= 0.3 is 6.18 Å². The zero-order chi connectivity index (χ0) is 20.6. The Morgan fingerprint density at radius 1 is 0.966 bits per heavy atom. The highest BCUT2D eigenvalue weighted by Gasteiger charge is 2.38. The summed E-state index contributed by atoms with van der Waals surface area (Å²) in [5, 5.41) is 2.66. The molecule has 2 heterocycles. The lowest BCUT2D eigenvalue weighted by Gasteiger charge is -2.12. The number of alkyl halides is 3. The molecular weight excluding hydrogens is 383 g/mol. The first-order chi connectivity index (χ1) is 13.9. The summed E-state index contributed by atoms with van der Waals surface area (Å²) in [6.07, 6.45) is -3.86. The van der Waals surface area contributed by atoms with Crippen molar-refractivity contribution in [3.63, 3.8) is 0 Å². The standard InChI is InChI=1S/C20H18F3N5O/c1-2-11-27-15-9-5-4-8-14(15)25-19(27)26-17(29)12-28-16-10-6-3-7-13(16)24-18(28)20(21,22)23/h3-10H,2,11-12H2,1H3,(H,25,26,29). The van der Waals surface area contributed by atoms with Crippen molar-refractivity contribution in [3.05, 3.63) is 54.4 Å². The summed E-state index contributed by atoms with van der Waals surface area (Å²) >= 11 is 0. The largest absolute Gasteiger partial charge is 0.449 e. The Labute approximate surface area is 164 Å². The maximum Gasteiger partial charge on any atom is 0.449 e. The third-order valence-corrected chi connectivity index (χ3v) is 4.56. The number of rotatable bonds is 5. The number of amides is 1. The lowest BCUT2D eigenvalue weighted by molar-refractivity contribution is -0.147. The normalized spacial score (nSPS) is 12.0. The summed E-state index contributed by atoms with van der Waals surface area (Å²) in [5.41, 5.74) is 2.00. The summed E-state index contributed by atoms with van der Waals surface area (Å²) in [6.45, 7) is 2.09. The SMILES string of the molecule is CCCn1c(NC(=O)Cn2c(C(F)(F)F)nc3ccccc32)nc2ccccc21. The molecule has 2 aromatic carbocycles. The van der Waals surface area contributed by atoms with Crippen LogP contribution in [0.4, 0.5) is 19.1 Å². The molecular formula is C20H18F3N5O. The highest BCUT2D eigenvalue weighted by atomic mass is 19.4. The van der Waals surface area contributed by atoms with Crippen LogP contribution in [0.2, 0.25) is 0 Å². The monoisotopic (exact) mass is 401 g/mol. The van der Waals surface area contributed by atoms with Crippen molar-refractivity contribution in [1.82, 2.24) is 19.1 Å². The van der Waals surface area contributed by atoms with E-state index < -0.39 is 24.5 Å². The van der Waals surface area contributed by atoms with Crippen molar-refractivity contribution in [2.45, 2.75) is 32.6 Å². The van der Waals surface area contributed by atoms with E-state index in [0.29, 0.717) is 18.0 Å². The van der Waals surface area contributed by atoms with Gasteiger partial charge in [-0.1, -0.05) is 31.2 Å². The molecule has 0 aliphatic rings. The van der Waals surface area contributed by atoms with Gasteiger partial charge in [-0.25, -0.2) is 9.97 Å². The Balaban J connectivity index is 1.68. The van der Waals surface area contributed by atoms with E-state index in [1.165, 1.54) is 12.1 Å². The average molecular weight is 401 g/mol. The van der Waals surface area contributed by atoms with Crippen molar-refractivity contribution in [2.24, 2.45) is 0 Å². The molecule has 6 nitrogen and oxygen atoms in total. The van der Waals surface area contributed by atoms with E-state index >= 15 is 0 Å². The summed E-state index contributed by atoms with van der Waals surface area (Å²) in [7, 11) is 0. The Morgan fingerprint density at radius 2 is 1.55 bits per heavy atom. The van der Waals surface area contributed by atoms with Crippen LogP contribution in [0.15, 0.2) is 48.5 Å². The Bertz CT molecular complexity index is 1190. The number of carbonyl (C=O) groups is 1. The minimum atomic E-state index is -4.67. The van der Waals surface area contributed by atoms with Crippen molar-refractivity contribution in [1.29, 1.82) is 0 Å². The van der Waals surface area contributed by atoms with Crippen LogP contribution < -0.4 is 5.32 Å². The van der Waals surface area contributed by atoms with E-state index in [1.54, 1.807) is 12.1 Å². The number of imidazole rings is 2. The number of nitrogens with one attached hydrogen (secondary N) is 1. The summed E-state index contributed by atoms with van der Waals surface area (Å²) in [6, 6.07) is 13.6. The zero-order valence-electron chi connectivity index (χ0n) is 15.6. The van der Waals surface area contributed by atoms with E-state index in [9.17, 15) is 18.0 Å². The third-order valence-electron chi connectivity index (χ3n) is 4.56. The van der Waals surface area contributed by atoms with Gasteiger partial charge in [0.2, 0.25) is 17.7 Å². The van der Waals surface area contributed by atoms with Gasteiger partial charge in [-0.3, -0.25) is 10.1 Å². The van der Waals surface area contributed by atoms with Gasteiger partial charge in [0, 0.05) is 6.54 Å². The Kier molecular flexibility index (Phi) is 4.73. The van der Waals surface area contributed by atoms with Gasteiger partial charge in [0.1, 0.15) is 6.54 Å². The number of aromatic nitrogens is 4. The Morgan fingerprint density at radius 3 is 2.17 bits per heavy atom. The molecule has 150 valence electrons. The Hall–Kier alpha value is -3.36. The van der Waals surface area contributed by atoms with Gasteiger partial charge in [-0.2, -0.15) is 13.2 Å². The second-order valence-electron chi connectivity index (χ2n) is 6.63. The van der Waals surface area contributed by atoms with Gasteiger partial charge in [0.25, 0.3) is 0 Å². The van der Waals surface area contributed by atoms with E-state index in [1.807, 2.05) is 35.8 Å². The van der Waals surface area contributed by atoms with Crippen LogP contribution in [-0.2, 0) is 24.1 Å². The molecule has 4 rings (SSSR count). The lowest BCUT2D eigenvalue weighted by atomic mass is 10.3. The van der Waals surface area contributed by atoms with Gasteiger partial charge < -0.3 is 9.13 Å². The maximum absolute atomic E-state index is 13.4. The molecule has 4 aromatic rings. The fourth-order valence-electron chi connectivity index (χ4n) is 3.38. The zero-order valence-corrected chi connectivity index (χ0v) is 15.6. The third kappa shape index (κ3) is 3.55. The van der Waals surface area contributed by atoms with Crippen LogP contribution in [0, 0.1) is 0 Å². The molecule has 9 heteroatoms. The number of nitrogens with zero attached hydrogens (tertiary/aromatic N) is 4. The second-order valence-corrected chi connectivity index (χ2v) is 6.63.